The molecule has 0 aliphatic rings. The summed E-state index contributed by atoms with van der Waals surface area (Å²) in [5.41, 5.74) is 5.18. The first-order valence-electron chi connectivity index (χ1n) is 9.37. The first-order valence-corrected chi connectivity index (χ1v) is 11.0. The third kappa shape index (κ3) is 2.42. The standard InChI is InChI=1S/C26H16S2/c1-3-8-17(9-4-1)19-14-15-23-22(16-19)24-21-13-7-12-20(18-10-5-2-6-11-18)25(21)28-26(24)27-23/h1-16H. The molecule has 0 bridgehead atoms. The molecule has 0 saturated carbocycles. The third-order valence-electron chi connectivity index (χ3n) is 5.33. The molecule has 2 aromatic heterocycles. The van der Waals surface area contributed by atoms with Gasteiger partial charge in [0.2, 0.25) is 0 Å². The molecule has 2 heterocycles. The van der Waals surface area contributed by atoms with E-state index >= 15 is 0 Å². The van der Waals surface area contributed by atoms with Crippen molar-refractivity contribution in [2.45, 2.75) is 0 Å². The van der Waals surface area contributed by atoms with Crippen LogP contribution in [0.2, 0.25) is 0 Å². The zero-order chi connectivity index (χ0) is 18.5. The minimum Gasteiger partial charge on any atom is -0.124 e. The van der Waals surface area contributed by atoms with E-state index in [9.17, 15) is 0 Å². The summed E-state index contributed by atoms with van der Waals surface area (Å²) < 4.78 is 4.17. The fourth-order valence-electron chi connectivity index (χ4n) is 3.99. The molecular formula is C26H16S2. The lowest BCUT2D eigenvalue weighted by atomic mass is 10.0. The summed E-state index contributed by atoms with van der Waals surface area (Å²) in [5, 5.41) is 4.16. The van der Waals surface area contributed by atoms with E-state index in [1.54, 1.807) is 0 Å². The molecule has 2 heteroatoms. The van der Waals surface area contributed by atoms with Crippen LogP contribution in [0.15, 0.2) is 97.1 Å². The summed E-state index contributed by atoms with van der Waals surface area (Å²) in [6, 6.07) is 35.0. The Hall–Kier alpha value is -2.94. The quantitative estimate of drug-likeness (QED) is 0.277. The van der Waals surface area contributed by atoms with Crippen molar-refractivity contribution >= 4 is 52.2 Å². The highest BCUT2D eigenvalue weighted by atomic mass is 32.2. The van der Waals surface area contributed by atoms with E-state index in [1.165, 1.54) is 51.8 Å². The van der Waals surface area contributed by atoms with E-state index in [0.29, 0.717) is 0 Å². The number of thiophene rings is 2. The predicted molar refractivity (Wildman–Crippen MR) is 126 cm³/mol. The van der Waals surface area contributed by atoms with Crippen molar-refractivity contribution in [1.29, 1.82) is 0 Å². The van der Waals surface area contributed by atoms with Gasteiger partial charge >= 0.3 is 0 Å². The Morgan fingerprint density at radius 3 is 2.04 bits per heavy atom. The molecule has 0 atom stereocenters. The molecular weight excluding hydrogens is 376 g/mol. The Balaban J connectivity index is 1.65. The van der Waals surface area contributed by atoms with Gasteiger partial charge in [0.15, 0.2) is 0 Å². The Labute approximate surface area is 171 Å². The maximum atomic E-state index is 2.37. The molecule has 0 unspecified atom stereocenters. The van der Waals surface area contributed by atoms with Crippen molar-refractivity contribution in [3.8, 4) is 22.3 Å². The molecule has 0 aliphatic carbocycles. The molecule has 0 amide bonds. The largest absolute Gasteiger partial charge is 0.124 e. The summed E-state index contributed by atoms with van der Waals surface area (Å²) in [6.45, 7) is 0. The molecule has 0 aliphatic heterocycles. The predicted octanol–water partition coefficient (Wildman–Crippen LogP) is 8.60. The number of hydrogen-bond acceptors (Lipinski definition) is 2. The van der Waals surface area contributed by atoms with Gasteiger partial charge in [0, 0.05) is 25.6 Å². The first kappa shape index (κ1) is 16.1. The lowest BCUT2D eigenvalue weighted by Crippen LogP contribution is -1.78. The maximum Gasteiger partial charge on any atom is 0.0890 e. The second-order valence-electron chi connectivity index (χ2n) is 6.99. The average molecular weight is 393 g/mol. The lowest BCUT2D eigenvalue weighted by molar-refractivity contribution is 1.66. The summed E-state index contributed by atoms with van der Waals surface area (Å²) in [5.74, 6) is 0. The fourth-order valence-corrected chi connectivity index (χ4v) is 6.69. The maximum absolute atomic E-state index is 2.37. The molecule has 132 valence electrons. The zero-order valence-corrected chi connectivity index (χ0v) is 16.7. The number of rotatable bonds is 2. The fraction of sp³-hybridized carbons (Fsp3) is 0. The second kappa shape index (κ2) is 6.30. The topological polar surface area (TPSA) is 0 Å². The SMILES string of the molecule is c1ccc(-c2ccc3sc4sc5c(-c6ccccc6)cccc5c4c3c2)cc1. The highest BCUT2D eigenvalue weighted by Gasteiger charge is 2.15. The van der Waals surface area contributed by atoms with Crippen molar-refractivity contribution in [2.24, 2.45) is 0 Å². The first-order chi connectivity index (χ1) is 13.9. The third-order valence-corrected chi connectivity index (χ3v) is 7.83. The van der Waals surface area contributed by atoms with Crippen molar-refractivity contribution in [3.05, 3.63) is 97.1 Å². The van der Waals surface area contributed by atoms with Crippen LogP contribution >= 0.6 is 22.7 Å². The molecule has 0 fully saturated rings. The Morgan fingerprint density at radius 1 is 0.500 bits per heavy atom. The van der Waals surface area contributed by atoms with Crippen LogP contribution in [0, 0.1) is 0 Å². The Kier molecular flexibility index (Phi) is 3.61. The highest BCUT2D eigenvalue weighted by molar-refractivity contribution is 7.44. The Morgan fingerprint density at radius 2 is 1.25 bits per heavy atom. The molecule has 6 rings (SSSR count). The molecule has 0 N–H and O–H groups in total. The van der Waals surface area contributed by atoms with Crippen LogP contribution in [-0.4, -0.2) is 0 Å². The van der Waals surface area contributed by atoms with Crippen LogP contribution in [0.3, 0.4) is 0 Å². The zero-order valence-electron chi connectivity index (χ0n) is 15.1. The minimum atomic E-state index is 1.27. The monoisotopic (exact) mass is 392 g/mol. The van der Waals surface area contributed by atoms with Crippen LogP contribution < -0.4 is 0 Å². The number of benzene rings is 4. The van der Waals surface area contributed by atoms with Gasteiger partial charge in [-0.05, 0) is 34.4 Å². The van der Waals surface area contributed by atoms with Crippen LogP contribution in [0.1, 0.15) is 0 Å². The normalized spacial score (nSPS) is 11.6. The molecule has 4 aromatic carbocycles. The lowest BCUT2D eigenvalue weighted by Gasteiger charge is -2.04. The molecule has 0 radical (unpaired) electrons. The van der Waals surface area contributed by atoms with Gasteiger partial charge in [-0.3, -0.25) is 0 Å². The van der Waals surface area contributed by atoms with Gasteiger partial charge < -0.3 is 0 Å². The van der Waals surface area contributed by atoms with E-state index in [-0.39, 0.29) is 0 Å². The van der Waals surface area contributed by atoms with Crippen molar-refractivity contribution in [2.75, 3.05) is 0 Å². The van der Waals surface area contributed by atoms with Crippen molar-refractivity contribution < 1.29 is 0 Å². The van der Waals surface area contributed by atoms with E-state index in [4.69, 9.17) is 0 Å². The summed E-state index contributed by atoms with van der Waals surface area (Å²) in [4.78, 5) is 0. The number of fused-ring (bicyclic) bond motifs is 5. The van der Waals surface area contributed by atoms with Gasteiger partial charge in [-0.2, -0.15) is 0 Å². The average Bonchev–Trinajstić information content (AvgIpc) is 3.30. The number of hydrogen-bond donors (Lipinski definition) is 0. The summed E-state index contributed by atoms with van der Waals surface area (Å²) in [6.07, 6.45) is 0. The van der Waals surface area contributed by atoms with Crippen LogP contribution in [0.4, 0.5) is 0 Å². The van der Waals surface area contributed by atoms with Crippen molar-refractivity contribution in [3.63, 3.8) is 0 Å². The summed E-state index contributed by atoms with van der Waals surface area (Å²) in [7, 11) is 0. The van der Waals surface area contributed by atoms with Crippen LogP contribution in [-0.2, 0) is 0 Å². The van der Waals surface area contributed by atoms with E-state index in [1.807, 2.05) is 22.7 Å². The Bertz CT molecular complexity index is 1430. The molecule has 6 aromatic rings. The summed E-state index contributed by atoms with van der Waals surface area (Å²) >= 11 is 3.84. The van der Waals surface area contributed by atoms with Gasteiger partial charge in [-0.25, -0.2) is 0 Å². The molecule has 0 nitrogen and oxygen atoms in total. The van der Waals surface area contributed by atoms with Gasteiger partial charge in [-0.15, -0.1) is 22.7 Å². The van der Waals surface area contributed by atoms with Crippen LogP contribution in [0.25, 0.3) is 51.8 Å². The van der Waals surface area contributed by atoms with Crippen LogP contribution in [0.5, 0.6) is 0 Å². The van der Waals surface area contributed by atoms with Gasteiger partial charge in [0.25, 0.3) is 0 Å². The van der Waals surface area contributed by atoms with Gasteiger partial charge in [-0.1, -0.05) is 84.9 Å². The van der Waals surface area contributed by atoms with Gasteiger partial charge in [0.05, 0.1) is 4.01 Å². The molecule has 0 saturated heterocycles. The molecule has 0 spiro atoms. The van der Waals surface area contributed by atoms with E-state index in [2.05, 4.69) is 97.1 Å². The second-order valence-corrected chi connectivity index (χ2v) is 9.32. The van der Waals surface area contributed by atoms with Gasteiger partial charge in [0.1, 0.15) is 0 Å². The minimum absolute atomic E-state index is 1.27. The van der Waals surface area contributed by atoms with E-state index in [0.717, 1.165) is 0 Å². The smallest absolute Gasteiger partial charge is 0.0890 e. The highest BCUT2D eigenvalue weighted by Crippen LogP contribution is 2.47. The van der Waals surface area contributed by atoms with E-state index < -0.39 is 0 Å². The molecule has 28 heavy (non-hydrogen) atoms. The van der Waals surface area contributed by atoms with Crippen molar-refractivity contribution in [1.82, 2.24) is 0 Å².